The topological polar surface area (TPSA) is 0 Å². The molecule has 0 aromatic carbocycles. The molecule has 0 aliphatic heterocycles. The van der Waals surface area contributed by atoms with Crippen molar-refractivity contribution in [3.63, 3.8) is 0 Å². The molecule has 0 heterocycles. The number of allylic oxidation sites excluding steroid dienone is 2. The van der Waals surface area contributed by atoms with E-state index in [0.717, 1.165) is 5.92 Å². The second kappa shape index (κ2) is 3.71. The van der Waals surface area contributed by atoms with E-state index < -0.39 is 0 Å². The molecule has 0 saturated carbocycles. The molecular formula is C8H15-. The smallest absolute Gasteiger partial charge is 0.0525 e. The maximum absolute atomic E-state index is 3.13. The lowest BCUT2D eigenvalue weighted by Crippen LogP contribution is -1.92. The molecule has 0 aliphatic carbocycles. The van der Waals surface area contributed by atoms with E-state index in [0.29, 0.717) is 0 Å². The molecule has 0 bridgehead atoms. The monoisotopic (exact) mass is 111 g/mol. The Morgan fingerprint density at radius 3 is 2.25 bits per heavy atom. The van der Waals surface area contributed by atoms with Crippen LogP contribution in [0.15, 0.2) is 5.57 Å². The van der Waals surface area contributed by atoms with Crippen molar-refractivity contribution in [3.8, 4) is 0 Å². The van der Waals surface area contributed by atoms with E-state index in [-0.39, 0.29) is 0 Å². The van der Waals surface area contributed by atoms with Crippen LogP contribution >= 0.6 is 0 Å². The lowest BCUT2D eigenvalue weighted by molar-refractivity contribution is 0.651. The lowest BCUT2D eigenvalue weighted by Gasteiger charge is -2.16. The summed E-state index contributed by atoms with van der Waals surface area (Å²) < 4.78 is 0. The largest absolute Gasteiger partial charge is 0.500 e. The molecule has 0 aromatic heterocycles. The first-order valence-electron chi connectivity index (χ1n) is 3.23. The lowest BCUT2D eigenvalue weighted by atomic mass is 10.0. The van der Waals surface area contributed by atoms with Gasteiger partial charge in [0.15, 0.2) is 0 Å². The summed E-state index contributed by atoms with van der Waals surface area (Å²) >= 11 is 0. The molecule has 0 spiro atoms. The highest BCUT2D eigenvalue weighted by Gasteiger charge is 1.89. The van der Waals surface area contributed by atoms with Gasteiger partial charge in [-0.2, -0.15) is 6.92 Å². The van der Waals surface area contributed by atoms with Gasteiger partial charge in [-0.25, -0.2) is 0 Å². The Balaban J connectivity index is 3.63. The first-order chi connectivity index (χ1) is 3.72. The predicted molar refractivity (Wildman–Crippen MR) is 37.6 cm³/mol. The van der Waals surface area contributed by atoms with Crippen LogP contribution in [0.4, 0.5) is 0 Å². The van der Waals surface area contributed by atoms with Gasteiger partial charge in [0, 0.05) is 0 Å². The van der Waals surface area contributed by atoms with Crippen molar-refractivity contribution >= 4 is 0 Å². The van der Waals surface area contributed by atoms with Crippen LogP contribution < -0.4 is 0 Å². The number of hydrogen-bond donors (Lipinski definition) is 0. The summed E-state index contributed by atoms with van der Waals surface area (Å²) in [6.45, 7) is 8.53. The van der Waals surface area contributed by atoms with Crippen molar-refractivity contribution in [1.29, 1.82) is 0 Å². The van der Waals surface area contributed by atoms with Gasteiger partial charge in [-0.3, -0.25) is 5.57 Å². The van der Waals surface area contributed by atoms with Crippen molar-refractivity contribution in [2.45, 2.75) is 34.1 Å². The van der Waals surface area contributed by atoms with Gasteiger partial charge in [-0.05, 0) is 0 Å². The Labute approximate surface area is 52.6 Å². The van der Waals surface area contributed by atoms with Gasteiger partial charge >= 0.3 is 0 Å². The van der Waals surface area contributed by atoms with Gasteiger partial charge in [-0.15, -0.1) is 0 Å². The first-order valence-corrected chi connectivity index (χ1v) is 3.23. The van der Waals surface area contributed by atoms with Gasteiger partial charge in [-0.1, -0.05) is 33.1 Å². The van der Waals surface area contributed by atoms with Gasteiger partial charge in [0.2, 0.25) is 0 Å². The fraction of sp³-hybridized carbons (Fsp3) is 0.750. The Morgan fingerprint density at radius 1 is 1.62 bits per heavy atom. The zero-order chi connectivity index (χ0) is 6.57. The summed E-state index contributed by atoms with van der Waals surface area (Å²) in [4.78, 5) is 0. The molecule has 0 rings (SSSR count). The molecule has 0 saturated heterocycles. The SMILES string of the molecule is C[C-]=C(C)C(C)CC. The van der Waals surface area contributed by atoms with Crippen molar-refractivity contribution in [2.75, 3.05) is 0 Å². The average Bonchev–Trinajstić information content (AvgIpc) is 1.84. The zero-order valence-corrected chi connectivity index (χ0v) is 6.28. The quantitative estimate of drug-likeness (QED) is 0.481. The molecule has 0 radical (unpaired) electrons. The minimum Gasteiger partial charge on any atom is -0.500 e. The summed E-state index contributed by atoms with van der Waals surface area (Å²) in [5, 5.41) is 0. The summed E-state index contributed by atoms with van der Waals surface area (Å²) in [6.07, 6.45) is 4.36. The number of hydrogen-bond acceptors (Lipinski definition) is 0. The minimum absolute atomic E-state index is 0.722. The average molecular weight is 111 g/mol. The van der Waals surface area contributed by atoms with Crippen LogP contribution in [0.1, 0.15) is 34.1 Å². The fourth-order valence-corrected chi connectivity index (χ4v) is 0.553. The van der Waals surface area contributed by atoms with E-state index in [1.807, 2.05) is 6.92 Å². The minimum atomic E-state index is 0.722. The normalized spacial score (nSPS) is 16.2. The van der Waals surface area contributed by atoms with Crippen LogP contribution in [0.25, 0.3) is 0 Å². The molecular weight excluding hydrogens is 96.1 g/mol. The Hall–Kier alpha value is -0.260. The van der Waals surface area contributed by atoms with Gasteiger partial charge in [0.1, 0.15) is 0 Å². The molecule has 0 amide bonds. The summed E-state index contributed by atoms with van der Waals surface area (Å²) in [6, 6.07) is 0. The first kappa shape index (κ1) is 7.74. The van der Waals surface area contributed by atoms with Crippen LogP contribution in [0.3, 0.4) is 0 Å². The predicted octanol–water partition coefficient (Wildman–Crippen LogP) is 2.80. The highest BCUT2D eigenvalue weighted by atomic mass is 14.0. The van der Waals surface area contributed by atoms with Crippen LogP contribution in [0, 0.1) is 12.0 Å². The molecule has 0 fully saturated rings. The van der Waals surface area contributed by atoms with Crippen LogP contribution in [0.2, 0.25) is 0 Å². The Morgan fingerprint density at radius 2 is 2.12 bits per heavy atom. The van der Waals surface area contributed by atoms with E-state index >= 15 is 0 Å². The standard InChI is InChI=1S/C8H15/c1-5-7(3)8(4)6-2/h7H,5H2,1-4H3/q-1. The molecule has 0 aromatic rings. The summed E-state index contributed by atoms with van der Waals surface area (Å²) in [7, 11) is 0. The fourth-order valence-electron chi connectivity index (χ4n) is 0.553. The summed E-state index contributed by atoms with van der Waals surface area (Å²) in [5.41, 5.74) is 1.38. The second-order valence-corrected chi connectivity index (χ2v) is 2.24. The van der Waals surface area contributed by atoms with E-state index in [1.165, 1.54) is 12.0 Å². The molecule has 1 atom stereocenters. The third kappa shape index (κ3) is 2.15. The van der Waals surface area contributed by atoms with E-state index in [9.17, 15) is 0 Å². The zero-order valence-electron chi connectivity index (χ0n) is 6.28. The number of rotatable bonds is 2. The van der Waals surface area contributed by atoms with Crippen molar-refractivity contribution in [1.82, 2.24) is 0 Å². The van der Waals surface area contributed by atoms with E-state index in [2.05, 4.69) is 26.8 Å². The van der Waals surface area contributed by atoms with E-state index in [1.54, 1.807) is 0 Å². The van der Waals surface area contributed by atoms with Crippen LogP contribution in [-0.2, 0) is 0 Å². The molecule has 48 valence electrons. The van der Waals surface area contributed by atoms with Crippen LogP contribution in [0.5, 0.6) is 0 Å². The molecule has 0 nitrogen and oxygen atoms in total. The molecule has 0 heteroatoms. The second-order valence-electron chi connectivity index (χ2n) is 2.24. The maximum atomic E-state index is 3.13. The highest BCUT2D eigenvalue weighted by Crippen LogP contribution is 2.11. The van der Waals surface area contributed by atoms with Crippen molar-refractivity contribution in [3.05, 3.63) is 11.6 Å². The molecule has 0 aliphatic rings. The highest BCUT2D eigenvalue weighted by molar-refractivity contribution is 4.94. The van der Waals surface area contributed by atoms with Crippen molar-refractivity contribution < 1.29 is 0 Å². The Bertz CT molecular complexity index is 80.0. The van der Waals surface area contributed by atoms with Gasteiger partial charge in [0.05, 0.1) is 0 Å². The maximum Gasteiger partial charge on any atom is -0.0525 e. The third-order valence-corrected chi connectivity index (χ3v) is 1.75. The van der Waals surface area contributed by atoms with Gasteiger partial charge in [0.25, 0.3) is 0 Å². The van der Waals surface area contributed by atoms with Crippen LogP contribution in [-0.4, -0.2) is 0 Å². The van der Waals surface area contributed by atoms with Gasteiger partial charge < -0.3 is 6.08 Å². The Kier molecular flexibility index (Phi) is 3.59. The molecule has 0 N–H and O–H groups in total. The summed E-state index contributed by atoms with van der Waals surface area (Å²) in [5.74, 6) is 0.722. The molecule has 8 heavy (non-hydrogen) atoms. The third-order valence-electron chi connectivity index (χ3n) is 1.75. The molecule has 1 unspecified atom stereocenters. The van der Waals surface area contributed by atoms with E-state index in [4.69, 9.17) is 0 Å². The van der Waals surface area contributed by atoms with Crippen molar-refractivity contribution in [2.24, 2.45) is 5.92 Å².